The summed E-state index contributed by atoms with van der Waals surface area (Å²) in [7, 11) is 0. The van der Waals surface area contributed by atoms with Crippen molar-refractivity contribution in [3.63, 3.8) is 0 Å². The average Bonchev–Trinajstić information content (AvgIpc) is 2.70. The van der Waals surface area contributed by atoms with Crippen LogP contribution in [0, 0.1) is 20.8 Å². The maximum Gasteiger partial charge on any atom is 0.155 e. The van der Waals surface area contributed by atoms with Gasteiger partial charge in [-0.1, -0.05) is 17.7 Å². The minimum atomic E-state index is 0.881. The van der Waals surface area contributed by atoms with E-state index in [4.69, 9.17) is 0 Å². The van der Waals surface area contributed by atoms with Crippen LogP contribution in [-0.2, 0) is 0 Å². The van der Waals surface area contributed by atoms with E-state index in [1.807, 2.05) is 10.6 Å². The summed E-state index contributed by atoms with van der Waals surface area (Å²) >= 11 is 0. The molecule has 0 amide bonds. The summed E-state index contributed by atoms with van der Waals surface area (Å²) in [6, 6.07) is 4.40. The third-order valence-corrected chi connectivity index (χ3v) is 3.20. The lowest BCUT2D eigenvalue weighted by atomic mass is 9.98. The minimum Gasteiger partial charge on any atom is -0.304 e. The third kappa shape index (κ3) is 1.68. The molecule has 0 saturated carbocycles. The Morgan fingerprint density at radius 3 is 2.44 bits per heavy atom. The third-order valence-electron chi connectivity index (χ3n) is 3.20. The molecule has 0 spiro atoms. The molecule has 1 aromatic carbocycles. The molecule has 3 nitrogen and oxygen atoms in total. The van der Waals surface area contributed by atoms with Gasteiger partial charge in [0.15, 0.2) is 5.65 Å². The summed E-state index contributed by atoms with van der Waals surface area (Å²) in [5, 5.41) is 0. The topological polar surface area (TPSA) is 30.2 Å². The van der Waals surface area contributed by atoms with E-state index in [9.17, 15) is 0 Å². The number of benzene rings is 1. The second kappa shape index (κ2) is 3.95. The van der Waals surface area contributed by atoms with Crippen LogP contribution >= 0.6 is 0 Å². The smallest absolute Gasteiger partial charge is 0.155 e. The van der Waals surface area contributed by atoms with E-state index < -0.39 is 0 Å². The molecular weight excluding hydrogens is 222 g/mol. The molecule has 0 radical (unpaired) electrons. The highest BCUT2D eigenvalue weighted by molar-refractivity contribution is 5.69. The maximum absolute atomic E-state index is 4.63. The zero-order chi connectivity index (χ0) is 12.7. The van der Waals surface area contributed by atoms with E-state index in [0.29, 0.717) is 0 Å². The van der Waals surface area contributed by atoms with Gasteiger partial charge >= 0.3 is 0 Å². The molecule has 18 heavy (non-hydrogen) atoms. The molecule has 3 aromatic rings. The molecule has 0 bridgehead atoms. The fraction of sp³-hybridized carbons (Fsp3) is 0.200. The van der Waals surface area contributed by atoms with Crippen LogP contribution in [0.2, 0.25) is 0 Å². The van der Waals surface area contributed by atoms with Gasteiger partial charge in [-0.3, -0.25) is 4.98 Å². The van der Waals surface area contributed by atoms with Crippen molar-refractivity contribution in [3.05, 3.63) is 53.6 Å². The molecule has 0 unspecified atom stereocenters. The summed E-state index contributed by atoms with van der Waals surface area (Å²) in [4.78, 5) is 8.73. The van der Waals surface area contributed by atoms with Crippen molar-refractivity contribution in [2.75, 3.05) is 0 Å². The highest BCUT2D eigenvalue weighted by atomic mass is 15.0. The Kier molecular flexibility index (Phi) is 2.40. The fourth-order valence-corrected chi connectivity index (χ4v) is 2.55. The van der Waals surface area contributed by atoms with Gasteiger partial charge in [0.2, 0.25) is 0 Å². The normalized spacial score (nSPS) is 11.1. The standard InChI is InChI=1S/C15H15N3/c1-10-6-11(2)15(12(3)7-10)13-9-18-5-4-16-8-14(18)17-13/h4-9H,1-3H3. The van der Waals surface area contributed by atoms with Gasteiger partial charge in [-0.15, -0.1) is 0 Å². The Morgan fingerprint density at radius 1 is 1.06 bits per heavy atom. The van der Waals surface area contributed by atoms with Gasteiger partial charge in [0.25, 0.3) is 0 Å². The second-order valence-electron chi connectivity index (χ2n) is 4.74. The highest BCUT2D eigenvalue weighted by Gasteiger charge is 2.10. The number of rotatable bonds is 1. The predicted octanol–water partition coefficient (Wildman–Crippen LogP) is 3.32. The van der Waals surface area contributed by atoms with Gasteiger partial charge in [-0.05, 0) is 31.9 Å². The van der Waals surface area contributed by atoms with Crippen molar-refractivity contribution in [2.24, 2.45) is 0 Å². The van der Waals surface area contributed by atoms with E-state index in [1.54, 1.807) is 12.4 Å². The van der Waals surface area contributed by atoms with Gasteiger partial charge in [0.05, 0.1) is 11.9 Å². The molecule has 0 aliphatic carbocycles. The first-order valence-electron chi connectivity index (χ1n) is 6.02. The van der Waals surface area contributed by atoms with E-state index in [2.05, 4.69) is 49.1 Å². The molecule has 0 N–H and O–H groups in total. The SMILES string of the molecule is Cc1cc(C)c(-c2cn3ccncc3n2)c(C)c1. The zero-order valence-electron chi connectivity index (χ0n) is 10.8. The molecule has 0 atom stereocenters. The lowest BCUT2D eigenvalue weighted by Crippen LogP contribution is -1.89. The molecule has 3 heteroatoms. The van der Waals surface area contributed by atoms with Crippen molar-refractivity contribution in [1.82, 2.24) is 14.4 Å². The second-order valence-corrected chi connectivity index (χ2v) is 4.74. The van der Waals surface area contributed by atoms with E-state index >= 15 is 0 Å². The fourth-order valence-electron chi connectivity index (χ4n) is 2.55. The van der Waals surface area contributed by atoms with E-state index in [-0.39, 0.29) is 0 Å². The summed E-state index contributed by atoms with van der Waals surface area (Å²) in [5.74, 6) is 0. The number of aromatic nitrogens is 3. The largest absolute Gasteiger partial charge is 0.304 e. The lowest BCUT2D eigenvalue weighted by molar-refractivity contribution is 1.13. The number of aryl methyl sites for hydroxylation is 3. The number of fused-ring (bicyclic) bond motifs is 1. The zero-order valence-corrected chi connectivity index (χ0v) is 10.8. The molecule has 2 heterocycles. The minimum absolute atomic E-state index is 0.881. The number of nitrogens with zero attached hydrogens (tertiary/aromatic N) is 3. The van der Waals surface area contributed by atoms with Gasteiger partial charge < -0.3 is 4.40 Å². The quantitative estimate of drug-likeness (QED) is 0.650. The van der Waals surface area contributed by atoms with Crippen LogP contribution < -0.4 is 0 Å². The summed E-state index contributed by atoms with van der Waals surface area (Å²) in [5.41, 5.74) is 6.95. The monoisotopic (exact) mass is 237 g/mol. The summed E-state index contributed by atoms with van der Waals surface area (Å²) in [6.45, 7) is 6.40. The van der Waals surface area contributed by atoms with Crippen LogP contribution in [0.25, 0.3) is 16.9 Å². The van der Waals surface area contributed by atoms with Gasteiger partial charge in [-0.25, -0.2) is 4.98 Å². The van der Waals surface area contributed by atoms with Crippen LogP contribution in [0.5, 0.6) is 0 Å². The first-order chi connectivity index (χ1) is 8.65. The predicted molar refractivity (Wildman–Crippen MR) is 72.6 cm³/mol. The average molecular weight is 237 g/mol. The van der Waals surface area contributed by atoms with Crippen LogP contribution in [-0.4, -0.2) is 14.4 Å². The van der Waals surface area contributed by atoms with Crippen molar-refractivity contribution >= 4 is 5.65 Å². The van der Waals surface area contributed by atoms with Gasteiger partial charge in [-0.2, -0.15) is 0 Å². The van der Waals surface area contributed by atoms with Gasteiger partial charge in [0, 0.05) is 24.2 Å². The van der Waals surface area contributed by atoms with Crippen molar-refractivity contribution in [2.45, 2.75) is 20.8 Å². The van der Waals surface area contributed by atoms with Crippen molar-refractivity contribution < 1.29 is 0 Å². The molecule has 0 aliphatic rings. The Hall–Kier alpha value is -2.16. The molecular formula is C15H15N3. The van der Waals surface area contributed by atoms with Gasteiger partial charge in [0.1, 0.15) is 0 Å². The molecule has 90 valence electrons. The van der Waals surface area contributed by atoms with Crippen LogP contribution in [0.3, 0.4) is 0 Å². The Labute approximate surface area is 106 Å². The Morgan fingerprint density at radius 2 is 1.78 bits per heavy atom. The van der Waals surface area contributed by atoms with Crippen LogP contribution in [0.15, 0.2) is 36.9 Å². The van der Waals surface area contributed by atoms with Crippen molar-refractivity contribution in [3.8, 4) is 11.3 Å². The molecule has 2 aromatic heterocycles. The molecule has 0 aliphatic heterocycles. The number of imidazole rings is 1. The lowest BCUT2D eigenvalue weighted by Gasteiger charge is -2.08. The Bertz CT molecular complexity index is 669. The first kappa shape index (κ1) is 11.0. The molecule has 3 rings (SSSR count). The molecule has 0 fully saturated rings. The summed E-state index contributed by atoms with van der Waals surface area (Å²) < 4.78 is 2.00. The van der Waals surface area contributed by atoms with Crippen molar-refractivity contribution in [1.29, 1.82) is 0 Å². The number of hydrogen-bond acceptors (Lipinski definition) is 2. The highest BCUT2D eigenvalue weighted by Crippen LogP contribution is 2.27. The Balaban J connectivity index is 2.26. The molecule has 0 saturated heterocycles. The van der Waals surface area contributed by atoms with E-state index in [0.717, 1.165) is 11.3 Å². The maximum atomic E-state index is 4.63. The summed E-state index contributed by atoms with van der Waals surface area (Å²) in [6.07, 6.45) is 7.53. The van der Waals surface area contributed by atoms with Crippen LogP contribution in [0.1, 0.15) is 16.7 Å². The van der Waals surface area contributed by atoms with Crippen LogP contribution in [0.4, 0.5) is 0 Å². The van der Waals surface area contributed by atoms with E-state index in [1.165, 1.54) is 22.3 Å². The first-order valence-corrected chi connectivity index (χ1v) is 6.02. The number of hydrogen-bond donors (Lipinski definition) is 0.